The predicted molar refractivity (Wildman–Crippen MR) is 79.7 cm³/mol. The normalized spacial score (nSPS) is 23.9. The number of ether oxygens (including phenoxy) is 1. The third-order valence-corrected chi connectivity index (χ3v) is 3.79. The fourth-order valence-corrected chi connectivity index (χ4v) is 2.71. The van der Waals surface area contributed by atoms with Crippen LogP contribution in [0, 0.1) is 0 Å². The number of nitrogens with zero attached hydrogens (tertiary/aromatic N) is 2. The number of hydrogen-bond acceptors (Lipinski definition) is 4. The second-order valence-corrected chi connectivity index (χ2v) is 7.13. The van der Waals surface area contributed by atoms with Crippen molar-refractivity contribution < 1.29 is 14.3 Å². The number of carbonyl (C=O) groups excluding carboxylic acids is 2. The topological polar surface area (TPSA) is 75.9 Å². The van der Waals surface area contributed by atoms with E-state index in [2.05, 4.69) is 0 Å². The van der Waals surface area contributed by atoms with Crippen molar-refractivity contribution in [1.82, 2.24) is 9.80 Å². The van der Waals surface area contributed by atoms with Crippen LogP contribution >= 0.6 is 0 Å². The van der Waals surface area contributed by atoms with Crippen molar-refractivity contribution in [2.75, 3.05) is 13.1 Å². The highest BCUT2D eigenvalue weighted by Crippen LogP contribution is 2.32. The van der Waals surface area contributed by atoms with Crippen molar-refractivity contribution in [3.8, 4) is 0 Å². The lowest BCUT2D eigenvalue weighted by Crippen LogP contribution is -2.50. The zero-order valence-electron chi connectivity index (χ0n) is 13.5. The Morgan fingerprint density at radius 2 is 1.86 bits per heavy atom. The van der Waals surface area contributed by atoms with Crippen LogP contribution < -0.4 is 5.73 Å². The maximum absolute atomic E-state index is 12.3. The van der Waals surface area contributed by atoms with Gasteiger partial charge in [-0.25, -0.2) is 4.79 Å². The quantitative estimate of drug-likeness (QED) is 0.853. The zero-order valence-corrected chi connectivity index (χ0v) is 13.5. The lowest BCUT2D eigenvalue weighted by atomic mass is 10.2. The first-order chi connectivity index (χ1) is 9.69. The molecule has 1 saturated heterocycles. The summed E-state index contributed by atoms with van der Waals surface area (Å²) in [5.41, 5.74) is 5.26. The van der Waals surface area contributed by atoms with Gasteiger partial charge in [0, 0.05) is 19.1 Å². The van der Waals surface area contributed by atoms with E-state index in [1.165, 1.54) is 0 Å². The summed E-state index contributed by atoms with van der Waals surface area (Å²) in [6.07, 6.45) is 2.59. The van der Waals surface area contributed by atoms with Crippen molar-refractivity contribution in [1.29, 1.82) is 0 Å². The van der Waals surface area contributed by atoms with Gasteiger partial charge in [-0.15, -0.1) is 0 Å². The summed E-state index contributed by atoms with van der Waals surface area (Å²) < 4.78 is 5.39. The Morgan fingerprint density at radius 1 is 1.24 bits per heavy atom. The van der Waals surface area contributed by atoms with E-state index in [4.69, 9.17) is 10.5 Å². The molecule has 0 radical (unpaired) electrons. The Morgan fingerprint density at radius 3 is 2.33 bits per heavy atom. The molecule has 0 spiro atoms. The van der Waals surface area contributed by atoms with Gasteiger partial charge in [-0.05, 0) is 47.0 Å². The van der Waals surface area contributed by atoms with Crippen LogP contribution in [0.2, 0.25) is 0 Å². The molecule has 2 rings (SSSR count). The van der Waals surface area contributed by atoms with Crippen LogP contribution in [0.1, 0.15) is 47.0 Å². The van der Waals surface area contributed by atoms with E-state index in [0.717, 1.165) is 19.3 Å². The van der Waals surface area contributed by atoms with Crippen molar-refractivity contribution in [2.45, 2.75) is 70.7 Å². The SMILES string of the molecule is C[C@H](N)C(=O)N(C1CC1)[C@H]1CCN(C(=O)OC(C)(C)C)C1. The zero-order chi connectivity index (χ0) is 15.8. The second kappa shape index (κ2) is 5.83. The second-order valence-electron chi connectivity index (χ2n) is 7.13. The average Bonchev–Trinajstić information content (AvgIpc) is 3.03. The molecule has 2 fully saturated rings. The van der Waals surface area contributed by atoms with E-state index in [-0.39, 0.29) is 18.0 Å². The summed E-state index contributed by atoms with van der Waals surface area (Å²) in [4.78, 5) is 28.0. The van der Waals surface area contributed by atoms with Gasteiger partial charge in [0.15, 0.2) is 0 Å². The van der Waals surface area contributed by atoms with Gasteiger partial charge in [0.25, 0.3) is 0 Å². The molecular formula is C15H27N3O3. The smallest absolute Gasteiger partial charge is 0.410 e. The number of hydrogen-bond donors (Lipinski definition) is 1. The fourth-order valence-electron chi connectivity index (χ4n) is 2.71. The molecule has 2 amide bonds. The maximum Gasteiger partial charge on any atom is 0.410 e. The van der Waals surface area contributed by atoms with E-state index < -0.39 is 11.6 Å². The lowest BCUT2D eigenvalue weighted by Gasteiger charge is -2.31. The average molecular weight is 297 g/mol. The van der Waals surface area contributed by atoms with Gasteiger partial charge in [-0.1, -0.05) is 0 Å². The first-order valence-corrected chi connectivity index (χ1v) is 7.74. The molecule has 1 aliphatic carbocycles. The highest BCUT2D eigenvalue weighted by atomic mass is 16.6. The van der Waals surface area contributed by atoms with Gasteiger partial charge in [-0.3, -0.25) is 4.79 Å². The predicted octanol–water partition coefficient (Wildman–Crippen LogP) is 1.33. The first kappa shape index (κ1) is 16.1. The van der Waals surface area contributed by atoms with Crippen LogP contribution in [0.3, 0.4) is 0 Å². The standard InChI is InChI=1S/C15H27N3O3/c1-10(16)13(19)18(11-5-6-11)12-7-8-17(9-12)14(20)21-15(2,3)4/h10-12H,5-9,16H2,1-4H3/t10-,12-/m0/s1. The lowest BCUT2D eigenvalue weighted by molar-refractivity contribution is -0.135. The third-order valence-electron chi connectivity index (χ3n) is 3.79. The molecule has 21 heavy (non-hydrogen) atoms. The summed E-state index contributed by atoms with van der Waals surface area (Å²) >= 11 is 0. The van der Waals surface area contributed by atoms with Crippen molar-refractivity contribution in [3.05, 3.63) is 0 Å². The number of carbonyl (C=O) groups is 2. The number of amides is 2. The van der Waals surface area contributed by atoms with Crippen molar-refractivity contribution in [2.24, 2.45) is 5.73 Å². The minimum atomic E-state index is -0.493. The fraction of sp³-hybridized carbons (Fsp3) is 0.867. The summed E-state index contributed by atoms with van der Waals surface area (Å²) in [6.45, 7) is 8.47. The Bertz CT molecular complexity index is 413. The minimum absolute atomic E-state index is 0.00598. The molecule has 2 atom stereocenters. The van der Waals surface area contributed by atoms with E-state index in [1.54, 1.807) is 11.8 Å². The minimum Gasteiger partial charge on any atom is -0.444 e. The van der Waals surface area contributed by atoms with Crippen LogP contribution in [0.4, 0.5) is 4.79 Å². The number of likely N-dealkylation sites (tertiary alicyclic amines) is 1. The summed E-state index contributed by atoms with van der Waals surface area (Å²) in [6, 6.07) is -0.100. The monoisotopic (exact) mass is 297 g/mol. The van der Waals surface area contributed by atoms with E-state index in [1.807, 2.05) is 25.7 Å². The van der Waals surface area contributed by atoms with E-state index in [9.17, 15) is 9.59 Å². The van der Waals surface area contributed by atoms with Gasteiger partial charge in [-0.2, -0.15) is 0 Å². The van der Waals surface area contributed by atoms with Crippen LogP contribution in [-0.2, 0) is 9.53 Å². The molecular weight excluding hydrogens is 270 g/mol. The Kier molecular flexibility index (Phi) is 4.46. The van der Waals surface area contributed by atoms with E-state index >= 15 is 0 Å². The number of rotatable bonds is 3. The molecule has 0 unspecified atom stereocenters. The first-order valence-electron chi connectivity index (χ1n) is 7.74. The molecule has 0 bridgehead atoms. The molecule has 1 saturated carbocycles. The molecule has 2 aliphatic rings. The molecule has 2 N–H and O–H groups in total. The summed E-state index contributed by atoms with van der Waals surface area (Å²) in [5.74, 6) is -0.00598. The largest absolute Gasteiger partial charge is 0.444 e. The molecule has 6 heteroatoms. The molecule has 0 aromatic rings. The number of nitrogens with two attached hydrogens (primary N) is 1. The summed E-state index contributed by atoms with van der Waals surface area (Å²) in [5, 5.41) is 0. The highest BCUT2D eigenvalue weighted by molar-refractivity contribution is 5.82. The van der Waals surface area contributed by atoms with Gasteiger partial charge in [0.1, 0.15) is 5.60 Å². The Hall–Kier alpha value is -1.30. The van der Waals surface area contributed by atoms with Gasteiger partial charge < -0.3 is 20.3 Å². The molecule has 1 heterocycles. The molecule has 120 valence electrons. The Balaban J connectivity index is 1.97. The molecule has 0 aromatic heterocycles. The van der Waals surface area contributed by atoms with Gasteiger partial charge >= 0.3 is 6.09 Å². The third kappa shape index (κ3) is 4.09. The molecule has 6 nitrogen and oxygen atoms in total. The van der Waals surface area contributed by atoms with Crippen LogP contribution in [0.25, 0.3) is 0 Å². The van der Waals surface area contributed by atoms with Gasteiger partial charge in [0.2, 0.25) is 5.91 Å². The summed E-state index contributed by atoms with van der Waals surface area (Å²) in [7, 11) is 0. The van der Waals surface area contributed by atoms with Crippen molar-refractivity contribution in [3.63, 3.8) is 0 Å². The Labute approximate surface area is 126 Å². The van der Waals surface area contributed by atoms with Crippen LogP contribution in [-0.4, -0.2) is 58.6 Å². The molecule has 0 aromatic carbocycles. The molecule has 1 aliphatic heterocycles. The van der Waals surface area contributed by atoms with Crippen LogP contribution in [0.5, 0.6) is 0 Å². The van der Waals surface area contributed by atoms with Gasteiger partial charge in [0.05, 0.1) is 12.1 Å². The van der Waals surface area contributed by atoms with Crippen molar-refractivity contribution >= 4 is 12.0 Å². The maximum atomic E-state index is 12.3. The highest BCUT2D eigenvalue weighted by Gasteiger charge is 2.42. The van der Waals surface area contributed by atoms with E-state index in [0.29, 0.717) is 19.1 Å². The van der Waals surface area contributed by atoms with Crippen LogP contribution in [0.15, 0.2) is 0 Å².